The topological polar surface area (TPSA) is 62.0 Å². The summed E-state index contributed by atoms with van der Waals surface area (Å²) in [6.45, 7) is 2.69. The van der Waals surface area contributed by atoms with Gasteiger partial charge in [-0.15, -0.1) is 0 Å². The number of rotatable bonds is 4. The van der Waals surface area contributed by atoms with Crippen molar-refractivity contribution in [2.24, 2.45) is 5.92 Å². The van der Waals surface area contributed by atoms with Crippen LogP contribution in [0, 0.1) is 17.2 Å². The van der Waals surface area contributed by atoms with Crippen molar-refractivity contribution in [3.63, 3.8) is 0 Å². The van der Waals surface area contributed by atoms with Gasteiger partial charge in [-0.1, -0.05) is 0 Å². The van der Waals surface area contributed by atoms with E-state index in [1.807, 2.05) is 36.7 Å². The van der Waals surface area contributed by atoms with E-state index in [1.165, 1.54) is 0 Å². The molecule has 1 saturated heterocycles. The molecule has 1 aromatic carbocycles. The number of nitriles is 1. The first-order valence-corrected chi connectivity index (χ1v) is 7.86. The Morgan fingerprint density at radius 2 is 2.00 bits per heavy atom. The quantitative estimate of drug-likeness (QED) is 0.869. The van der Waals surface area contributed by atoms with Crippen LogP contribution in [0.1, 0.15) is 18.4 Å². The van der Waals surface area contributed by atoms with Crippen LogP contribution in [-0.2, 0) is 6.54 Å². The molecule has 1 fully saturated rings. The molecule has 3 rings (SSSR count). The van der Waals surface area contributed by atoms with E-state index in [0.717, 1.165) is 49.4 Å². The summed E-state index contributed by atoms with van der Waals surface area (Å²) in [5.41, 5.74) is 2.06. The molecular formula is C18H20N4O. The lowest BCUT2D eigenvalue weighted by molar-refractivity contribution is 0.192. The number of aromatic nitrogens is 2. The highest BCUT2D eigenvalue weighted by molar-refractivity contribution is 5.55. The highest BCUT2D eigenvalue weighted by Gasteiger charge is 2.19. The molecule has 1 aliphatic rings. The SMILES string of the molecule is COc1ccc(-c2ncc(CN3CCC[C@H](C#N)C3)cn2)cc1. The van der Waals surface area contributed by atoms with Crippen LogP contribution < -0.4 is 4.74 Å². The van der Waals surface area contributed by atoms with Gasteiger partial charge in [-0.2, -0.15) is 5.26 Å². The molecule has 0 saturated carbocycles. The molecule has 0 bridgehead atoms. The summed E-state index contributed by atoms with van der Waals surface area (Å²) in [7, 11) is 1.65. The van der Waals surface area contributed by atoms with Gasteiger partial charge in [-0.3, -0.25) is 4.90 Å². The largest absolute Gasteiger partial charge is 0.497 e. The lowest BCUT2D eigenvalue weighted by Gasteiger charge is -2.29. The summed E-state index contributed by atoms with van der Waals surface area (Å²) in [6, 6.07) is 10.1. The van der Waals surface area contributed by atoms with E-state index in [2.05, 4.69) is 20.9 Å². The maximum Gasteiger partial charge on any atom is 0.159 e. The van der Waals surface area contributed by atoms with Gasteiger partial charge in [0.05, 0.1) is 19.1 Å². The zero-order chi connectivity index (χ0) is 16.1. The van der Waals surface area contributed by atoms with Crippen molar-refractivity contribution in [1.82, 2.24) is 14.9 Å². The van der Waals surface area contributed by atoms with Crippen LogP contribution >= 0.6 is 0 Å². The van der Waals surface area contributed by atoms with Crippen LogP contribution in [0.3, 0.4) is 0 Å². The van der Waals surface area contributed by atoms with Gasteiger partial charge in [0.1, 0.15) is 5.75 Å². The van der Waals surface area contributed by atoms with Crippen molar-refractivity contribution in [3.05, 3.63) is 42.2 Å². The van der Waals surface area contributed by atoms with Crippen molar-refractivity contribution in [1.29, 1.82) is 5.26 Å². The second kappa shape index (κ2) is 7.21. The standard InChI is InChI=1S/C18H20N4O/c1-23-17-6-4-16(5-7-17)18-20-10-15(11-21-18)13-22-8-2-3-14(9-19)12-22/h4-7,10-11,14H,2-3,8,12-13H2,1H3/t14-/m1/s1. The molecule has 1 aliphatic heterocycles. The van der Waals surface area contributed by atoms with Crippen LogP contribution in [0.5, 0.6) is 5.75 Å². The molecule has 1 aromatic heterocycles. The van der Waals surface area contributed by atoms with Crippen molar-refractivity contribution in [2.75, 3.05) is 20.2 Å². The Labute approximate surface area is 136 Å². The first kappa shape index (κ1) is 15.4. The van der Waals surface area contributed by atoms with E-state index in [9.17, 15) is 0 Å². The fraction of sp³-hybridized carbons (Fsp3) is 0.389. The van der Waals surface area contributed by atoms with Gasteiger partial charge in [0.2, 0.25) is 0 Å². The second-order valence-electron chi connectivity index (χ2n) is 5.85. The number of ether oxygens (including phenoxy) is 1. The summed E-state index contributed by atoms with van der Waals surface area (Å²) in [6.07, 6.45) is 5.86. The van der Waals surface area contributed by atoms with E-state index >= 15 is 0 Å². The molecule has 0 radical (unpaired) electrons. The molecule has 0 N–H and O–H groups in total. The van der Waals surface area contributed by atoms with Gasteiger partial charge < -0.3 is 4.74 Å². The van der Waals surface area contributed by atoms with Gasteiger partial charge in [-0.25, -0.2) is 9.97 Å². The minimum absolute atomic E-state index is 0.156. The molecule has 0 unspecified atom stereocenters. The number of nitrogens with zero attached hydrogens (tertiary/aromatic N) is 4. The van der Waals surface area contributed by atoms with Crippen molar-refractivity contribution < 1.29 is 4.74 Å². The summed E-state index contributed by atoms with van der Waals surface area (Å²) >= 11 is 0. The minimum atomic E-state index is 0.156. The van der Waals surface area contributed by atoms with Crippen LogP contribution in [0.25, 0.3) is 11.4 Å². The Morgan fingerprint density at radius 1 is 1.26 bits per heavy atom. The van der Waals surface area contributed by atoms with E-state index in [0.29, 0.717) is 5.82 Å². The van der Waals surface area contributed by atoms with E-state index in [-0.39, 0.29) is 5.92 Å². The molecule has 2 heterocycles. The molecule has 0 spiro atoms. The highest BCUT2D eigenvalue weighted by atomic mass is 16.5. The Balaban J connectivity index is 1.65. The zero-order valence-electron chi connectivity index (χ0n) is 13.3. The van der Waals surface area contributed by atoms with Gasteiger partial charge >= 0.3 is 0 Å². The lowest BCUT2D eigenvalue weighted by atomic mass is 9.99. The third-order valence-corrected chi connectivity index (χ3v) is 4.15. The Kier molecular flexibility index (Phi) is 4.84. The number of hydrogen-bond donors (Lipinski definition) is 0. The summed E-state index contributed by atoms with van der Waals surface area (Å²) < 4.78 is 5.16. The monoisotopic (exact) mass is 308 g/mol. The number of piperidine rings is 1. The number of likely N-dealkylation sites (tertiary alicyclic amines) is 1. The van der Waals surface area contributed by atoms with Gasteiger partial charge in [0.15, 0.2) is 5.82 Å². The van der Waals surface area contributed by atoms with Crippen molar-refractivity contribution in [2.45, 2.75) is 19.4 Å². The molecule has 118 valence electrons. The molecule has 5 heteroatoms. The van der Waals surface area contributed by atoms with Gasteiger partial charge in [0.25, 0.3) is 0 Å². The van der Waals surface area contributed by atoms with Gasteiger partial charge in [-0.05, 0) is 43.7 Å². The Bertz CT molecular complexity index is 676. The maximum atomic E-state index is 9.06. The maximum absolute atomic E-state index is 9.06. The zero-order valence-corrected chi connectivity index (χ0v) is 13.3. The smallest absolute Gasteiger partial charge is 0.159 e. The van der Waals surface area contributed by atoms with Crippen molar-refractivity contribution >= 4 is 0 Å². The summed E-state index contributed by atoms with van der Waals surface area (Å²) in [5, 5.41) is 9.06. The molecule has 0 amide bonds. The molecule has 2 aromatic rings. The molecular weight excluding hydrogens is 288 g/mol. The first-order valence-electron chi connectivity index (χ1n) is 7.86. The summed E-state index contributed by atoms with van der Waals surface area (Å²) in [5.74, 6) is 1.69. The predicted octanol–water partition coefficient (Wildman–Crippen LogP) is 2.89. The van der Waals surface area contributed by atoms with Crippen LogP contribution in [-0.4, -0.2) is 35.1 Å². The average Bonchev–Trinajstić information content (AvgIpc) is 2.63. The van der Waals surface area contributed by atoms with E-state index < -0.39 is 0 Å². The number of benzene rings is 1. The molecule has 1 atom stereocenters. The summed E-state index contributed by atoms with van der Waals surface area (Å²) in [4.78, 5) is 11.2. The molecule has 23 heavy (non-hydrogen) atoms. The fourth-order valence-electron chi connectivity index (χ4n) is 2.89. The lowest BCUT2D eigenvalue weighted by Crippen LogP contribution is -2.34. The average molecular weight is 308 g/mol. The third-order valence-electron chi connectivity index (χ3n) is 4.15. The number of hydrogen-bond acceptors (Lipinski definition) is 5. The van der Waals surface area contributed by atoms with Crippen molar-refractivity contribution in [3.8, 4) is 23.2 Å². The van der Waals surface area contributed by atoms with Crippen LogP contribution in [0.4, 0.5) is 0 Å². The van der Waals surface area contributed by atoms with E-state index in [4.69, 9.17) is 10.00 Å². The Morgan fingerprint density at radius 3 is 2.65 bits per heavy atom. The normalized spacial score (nSPS) is 18.3. The second-order valence-corrected chi connectivity index (χ2v) is 5.85. The highest BCUT2D eigenvalue weighted by Crippen LogP contribution is 2.20. The fourth-order valence-corrected chi connectivity index (χ4v) is 2.89. The minimum Gasteiger partial charge on any atom is -0.497 e. The van der Waals surface area contributed by atoms with E-state index in [1.54, 1.807) is 7.11 Å². The molecule has 5 nitrogen and oxygen atoms in total. The van der Waals surface area contributed by atoms with Crippen LogP contribution in [0.2, 0.25) is 0 Å². The predicted molar refractivity (Wildman–Crippen MR) is 87.6 cm³/mol. The Hall–Kier alpha value is -2.45. The number of methoxy groups -OCH3 is 1. The molecule has 0 aliphatic carbocycles. The third kappa shape index (κ3) is 3.85. The first-order chi connectivity index (χ1) is 11.3. The van der Waals surface area contributed by atoms with Crippen LogP contribution in [0.15, 0.2) is 36.7 Å². The van der Waals surface area contributed by atoms with Gasteiger partial charge in [0, 0.05) is 36.6 Å².